The molecule has 1 aliphatic heterocycles. The lowest BCUT2D eigenvalue weighted by atomic mass is 9.70. The Morgan fingerprint density at radius 2 is 1.65 bits per heavy atom. The molecule has 1 aliphatic carbocycles. The molecule has 1 spiro atoms. The molecule has 0 saturated heterocycles. The second-order valence-corrected chi connectivity index (χ2v) is 8.74. The van der Waals surface area contributed by atoms with E-state index in [1.807, 2.05) is 76.5 Å². The highest BCUT2D eigenvalue weighted by Crippen LogP contribution is 2.49. The van der Waals surface area contributed by atoms with Crippen LogP contribution < -0.4 is 10.2 Å². The Kier molecular flexibility index (Phi) is 4.89. The van der Waals surface area contributed by atoms with E-state index in [4.69, 9.17) is 0 Å². The molecule has 31 heavy (non-hydrogen) atoms. The summed E-state index contributed by atoms with van der Waals surface area (Å²) in [4.78, 5) is 27.4. The molecule has 158 valence electrons. The molecule has 2 aromatic carbocycles. The third-order valence-corrected chi connectivity index (χ3v) is 6.81. The van der Waals surface area contributed by atoms with Crippen LogP contribution in [-0.4, -0.2) is 22.9 Å². The number of hydrogen-bond acceptors (Lipinski definition) is 2. The van der Waals surface area contributed by atoms with Crippen molar-refractivity contribution in [2.75, 3.05) is 16.8 Å². The van der Waals surface area contributed by atoms with Crippen molar-refractivity contribution >= 4 is 23.2 Å². The SMILES string of the molecule is CC(=O)N1CC2(CCCCC2)c2cc(C(=O)Nc3ccccc3-n3cccc3)ccc21. The average Bonchev–Trinajstić information content (AvgIpc) is 3.42. The van der Waals surface area contributed by atoms with Gasteiger partial charge in [-0.05, 0) is 60.9 Å². The molecule has 3 aromatic rings. The molecule has 0 radical (unpaired) electrons. The Labute approximate surface area is 182 Å². The van der Waals surface area contributed by atoms with Crippen LogP contribution in [0.15, 0.2) is 67.0 Å². The second kappa shape index (κ2) is 7.73. The zero-order valence-corrected chi connectivity index (χ0v) is 17.8. The molecule has 1 aromatic heterocycles. The summed E-state index contributed by atoms with van der Waals surface area (Å²) in [5.74, 6) is -0.0591. The first-order valence-electron chi connectivity index (χ1n) is 11.0. The minimum atomic E-state index is -0.130. The van der Waals surface area contributed by atoms with Gasteiger partial charge < -0.3 is 14.8 Å². The molecule has 1 fully saturated rings. The van der Waals surface area contributed by atoms with Gasteiger partial charge in [0.15, 0.2) is 0 Å². The Bertz CT molecular complexity index is 1130. The van der Waals surface area contributed by atoms with Crippen LogP contribution in [0, 0.1) is 0 Å². The van der Waals surface area contributed by atoms with Gasteiger partial charge in [-0.15, -0.1) is 0 Å². The molecule has 1 saturated carbocycles. The number of nitrogens with one attached hydrogen (secondary N) is 1. The number of nitrogens with zero attached hydrogens (tertiary/aromatic N) is 2. The maximum atomic E-state index is 13.2. The molecule has 5 nitrogen and oxygen atoms in total. The van der Waals surface area contributed by atoms with Crippen LogP contribution in [-0.2, 0) is 10.2 Å². The van der Waals surface area contributed by atoms with Crippen LogP contribution in [0.5, 0.6) is 0 Å². The standard InChI is InChI=1S/C26H27N3O2/c1-19(30)29-18-26(13-5-2-6-14-26)21-17-20(11-12-23(21)29)25(31)27-22-9-3-4-10-24(22)28-15-7-8-16-28/h3-4,7-12,15-17H,2,5-6,13-14,18H2,1H3,(H,27,31). The fourth-order valence-electron chi connectivity index (χ4n) is 5.24. The molecule has 2 amide bonds. The Morgan fingerprint density at radius 3 is 2.39 bits per heavy atom. The van der Waals surface area contributed by atoms with Crippen molar-refractivity contribution in [2.24, 2.45) is 0 Å². The van der Waals surface area contributed by atoms with E-state index < -0.39 is 0 Å². The van der Waals surface area contributed by atoms with Gasteiger partial charge in [0.1, 0.15) is 0 Å². The van der Waals surface area contributed by atoms with Gasteiger partial charge in [-0.25, -0.2) is 0 Å². The van der Waals surface area contributed by atoms with E-state index in [1.54, 1.807) is 6.92 Å². The predicted molar refractivity (Wildman–Crippen MR) is 123 cm³/mol. The number of carbonyl (C=O) groups is 2. The van der Waals surface area contributed by atoms with Crippen molar-refractivity contribution in [1.82, 2.24) is 4.57 Å². The van der Waals surface area contributed by atoms with Gasteiger partial charge >= 0.3 is 0 Å². The fourth-order valence-corrected chi connectivity index (χ4v) is 5.24. The quantitative estimate of drug-likeness (QED) is 0.634. The van der Waals surface area contributed by atoms with Crippen LogP contribution in [0.4, 0.5) is 11.4 Å². The van der Waals surface area contributed by atoms with Gasteiger partial charge in [-0.2, -0.15) is 0 Å². The van der Waals surface area contributed by atoms with Gasteiger partial charge in [-0.3, -0.25) is 9.59 Å². The third-order valence-electron chi connectivity index (χ3n) is 6.81. The van der Waals surface area contributed by atoms with Crippen LogP contribution in [0.1, 0.15) is 54.9 Å². The molecule has 5 heteroatoms. The van der Waals surface area contributed by atoms with E-state index in [9.17, 15) is 9.59 Å². The van der Waals surface area contributed by atoms with E-state index in [0.29, 0.717) is 5.56 Å². The van der Waals surface area contributed by atoms with Crippen LogP contribution in [0.25, 0.3) is 5.69 Å². The number of fused-ring (bicyclic) bond motifs is 2. The van der Waals surface area contributed by atoms with Gasteiger partial charge in [0, 0.05) is 42.5 Å². The van der Waals surface area contributed by atoms with Crippen LogP contribution >= 0.6 is 0 Å². The maximum Gasteiger partial charge on any atom is 0.255 e. The minimum Gasteiger partial charge on any atom is -0.322 e. The van der Waals surface area contributed by atoms with E-state index in [-0.39, 0.29) is 17.2 Å². The number of hydrogen-bond donors (Lipinski definition) is 1. The number of carbonyl (C=O) groups excluding carboxylic acids is 2. The van der Waals surface area contributed by atoms with Crippen molar-refractivity contribution in [3.05, 3.63) is 78.1 Å². The fraction of sp³-hybridized carbons (Fsp3) is 0.308. The lowest BCUT2D eigenvalue weighted by Gasteiger charge is -2.34. The summed E-state index contributed by atoms with van der Waals surface area (Å²) in [5, 5.41) is 3.09. The number of para-hydroxylation sites is 2. The van der Waals surface area contributed by atoms with E-state index in [0.717, 1.165) is 42.0 Å². The highest BCUT2D eigenvalue weighted by atomic mass is 16.2. The van der Waals surface area contributed by atoms with Gasteiger partial charge in [0.25, 0.3) is 5.91 Å². The third kappa shape index (κ3) is 3.44. The summed E-state index contributed by atoms with van der Waals surface area (Å²) < 4.78 is 1.99. The van der Waals surface area contributed by atoms with Crippen molar-refractivity contribution in [3.63, 3.8) is 0 Å². The molecule has 1 N–H and O–H groups in total. The Morgan fingerprint density at radius 1 is 0.903 bits per heavy atom. The topological polar surface area (TPSA) is 54.3 Å². The summed E-state index contributed by atoms with van der Waals surface area (Å²) in [5.41, 5.74) is 4.44. The maximum absolute atomic E-state index is 13.2. The van der Waals surface area contributed by atoms with Crippen molar-refractivity contribution < 1.29 is 9.59 Å². The zero-order valence-electron chi connectivity index (χ0n) is 17.8. The summed E-state index contributed by atoms with van der Waals surface area (Å²) in [6, 6.07) is 17.5. The number of anilines is 2. The molecule has 2 aliphatic rings. The Balaban J connectivity index is 1.48. The minimum absolute atomic E-state index is 0.0153. The number of amides is 2. The summed E-state index contributed by atoms with van der Waals surface area (Å²) in [6.45, 7) is 2.36. The van der Waals surface area contributed by atoms with Gasteiger partial charge in [0.2, 0.25) is 5.91 Å². The zero-order chi connectivity index (χ0) is 21.4. The first kappa shape index (κ1) is 19.6. The first-order valence-corrected chi connectivity index (χ1v) is 11.0. The van der Waals surface area contributed by atoms with Gasteiger partial charge in [0.05, 0.1) is 11.4 Å². The summed E-state index contributed by atoms with van der Waals surface area (Å²) in [7, 11) is 0. The molecular formula is C26H27N3O2. The van der Waals surface area contributed by atoms with Crippen molar-refractivity contribution in [3.8, 4) is 5.69 Å². The number of benzene rings is 2. The lowest BCUT2D eigenvalue weighted by molar-refractivity contribution is -0.116. The normalized spacial score (nSPS) is 16.9. The first-order chi connectivity index (χ1) is 15.1. The van der Waals surface area contributed by atoms with Crippen molar-refractivity contribution in [1.29, 1.82) is 0 Å². The summed E-state index contributed by atoms with van der Waals surface area (Å²) in [6.07, 6.45) is 9.66. The summed E-state index contributed by atoms with van der Waals surface area (Å²) >= 11 is 0. The molecule has 0 atom stereocenters. The van der Waals surface area contributed by atoms with Crippen molar-refractivity contribution in [2.45, 2.75) is 44.4 Å². The average molecular weight is 414 g/mol. The number of aromatic nitrogens is 1. The van der Waals surface area contributed by atoms with E-state index >= 15 is 0 Å². The molecular weight excluding hydrogens is 386 g/mol. The van der Waals surface area contributed by atoms with Crippen LogP contribution in [0.3, 0.4) is 0 Å². The molecule has 0 bridgehead atoms. The monoisotopic (exact) mass is 413 g/mol. The molecule has 0 unspecified atom stereocenters. The van der Waals surface area contributed by atoms with E-state index in [2.05, 4.69) is 5.32 Å². The molecule has 5 rings (SSSR count). The smallest absolute Gasteiger partial charge is 0.255 e. The highest BCUT2D eigenvalue weighted by Gasteiger charge is 2.44. The largest absolute Gasteiger partial charge is 0.322 e. The van der Waals surface area contributed by atoms with Gasteiger partial charge in [-0.1, -0.05) is 31.4 Å². The molecule has 2 heterocycles. The van der Waals surface area contributed by atoms with E-state index in [1.165, 1.54) is 19.3 Å². The second-order valence-electron chi connectivity index (χ2n) is 8.74. The lowest BCUT2D eigenvalue weighted by Crippen LogP contribution is -2.37. The highest BCUT2D eigenvalue weighted by molar-refractivity contribution is 6.06. The predicted octanol–water partition coefficient (Wildman–Crippen LogP) is 5.30. The van der Waals surface area contributed by atoms with Crippen LogP contribution in [0.2, 0.25) is 0 Å². The number of rotatable bonds is 3. The Hall–Kier alpha value is -3.34.